The molecule has 396 valence electrons. The lowest BCUT2D eigenvalue weighted by atomic mass is 9.99. The number of nitrogens with zero attached hydrogens (tertiary/aromatic N) is 1. The maximum Gasteiger partial charge on any atom is 0.268 e. The summed E-state index contributed by atoms with van der Waals surface area (Å²) in [6, 6.07) is -1.07. The zero-order chi connectivity index (χ0) is 48.7. The number of aliphatic hydroxyl groups excluding tert-OH is 2. The second kappa shape index (κ2) is 48.1. The standard InChI is InChI=1S/C56H115N2O7P/c1-6-8-10-12-14-16-18-20-21-22-23-24-25-26-27-28-29-30-31-32-33-34-35-36-37-39-41-43-45-47-49-55(60)57-53(52-65-66(62,63)64-51-50-58(3,4)5)56(61)54(59)48-46-44-42-40-38-19-17-15-13-11-9-7-2/h53-54,56,59,61H,6-52H2,1-5H3,(H-,57,60,62,63). The number of quaternary nitrogens is 1. The number of phosphoric ester groups is 1. The molecule has 1 amide bonds. The van der Waals surface area contributed by atoms with Gasteiger partial charge in [0.25, 0.3) is 7.82 Å². The molecule has 0 aromatic heterocycles. The number of carbonyl (C=O) groups is 1. The first-order valence-corrected chi connectivity index (χ1v) is 30.4. The Labute approximate surface area is 411 Å². The van der Waals surface area contributed by atoms with Crippen LogP contribution in [0.5, 0.6) is 0 Å². The van der Waals surface area contributed by atoms with Gasteiger partial charge in [0, 0.05) is 6.42 Å². The van der Waals surface area contributed by atoms with Gasteiger partial charge >= 0.3 is 0 Å². The van der Waals surface area contributed by atoms with Crippen molar-refractivity contribution in [2.45, 2.75) is 315 Å². The summed E-state index contributed by atoms with van der Waals surface area (Å²) in [7, 11) is 1.14. The summed E-state index contributed by atoms with van der Waals surface area (Å²) in [5.41, 5.74) is 0. The summed E-state index contributed by atoms with van der Waals surface area (Å²) < 4.78 is 23.3. The first-order chi connectivity index (χ1) is 31.9. The van der Waals surface area contributed by atoms with Crippen LogP contribution in [0.2, 0.25) is 0 Å². The predicted octanol–water partition coefficient (Wildman–Crippen LogP) is 15.6. The van der Waals surface area contributed by atoms with Crippen LogP contribution < -0.4 is 10.2 Å². The molecule has 4 atom stereocenters. The van der Waals surface area contributed by atoms with Gasteiger partial charge in [-0.1, -0.05) is 277 Å². The zero-order valence-corrected chi connectivity index (χ0v) is 45.7. The SMILES string of the molecule is CCCCCCCCCCCCCCCCCCCCCCCCCCCCCCCCC(=O)NC(COP(=O)([O-])OCC[N+](C)(C)C)C(O)C(O)CCCCCCCCCCCCCC. The molecular weight excluding hydrogens is 844 g/mol. The summed E-state index contributed by atoms with van der Waals surface area (Å²) in [5, 5.41) is 24.7. The van der Waals surface area contributed by atoms with E-state index in [0.717, 1.165) is 38.5 Å². The number of hydrogen-bond acceptors (Lipinski definition) is 7. The second-order valence-electron chi connectivity index (χ2n) is 21.5. The Morgan fingerprint density at radius 2 is 0.773 bits per heavy atom. The maximum atomic E-state index is 13.0. The highest BCUT2D eigenvalue weighted by molar-refractivity contribution is 7.45. The van der Waals surface area contributed by atoms with Crippen molar-refractivity contribution in [3.05, 3.63) is 0 Å². The third kappa shape index (κ3) is 48.5. The molecule has 0 aliphatic heterocycles. The van der Waals surface area contributed by atoms with Crippen LogP contribution in [-0.2, 0) is 18.4 Å². The van der Waals surface area contributed by atoms with Crippen LogP contribution in [0.15, 0.2) is 0 Å². The summed E-state index contributed by atoms with van der Waals surface area (Å²) in [6.07, 6.45) is 53.2. The van der Waals surface area contributed by atoms with Crippen molar-refractivity contribution < 1.29 is 38.0 Å². The van der Waals surface area contributed by atoms with Crippen molar-refractivity contribution in [1.82, 2.24) is 5.32 Å². The largest absolute Gasteiger partial charge is 0.756 e. The fraction of sp³-hybridized carbons (Fsp3) is 0.982. The van der Waals surface area contributed by atoms with E-state index >= 15 is 0 Å². The van der Waals surface area contributed by atoms with Crippen LogP contribution in [0.1, 0.15) is 296 Å². The van der Waals surface area contributed by atoms with Gasteiger partial charge in [0.05, 0.1) is 39.9 Å². The molecule has 9 nitrogen and oxygen atoms in total. The van der Waals surface area contributed by atoms with E-state index < -0.39 is 32.7 Å². The van der Waals surface area contributed by atoms with Gasteiger partial charge in [-0.15, -0.1) is 0 Å². The molecule has 0 aromatic rings. The molecule has 4 unspecified atom stereocenters. The van der Waals surface area contributed by atoms with Crippen molar-refractivity contribution in [3.63, 3.8) is 0 Å². The number of amides is 1. The van der Waals surface area contributed by atoms with Gasteiger partial charge in [-0.05, 0) is 12.8 Å². The molecule has 0 aliphatic carbocycles. The molecular formula is C56H115N2O7P. The summed E-state index contributed by atoms with van der Waals surface area (Å²) in [4.78, 5) is 25.5. The van der Waals surface area contributed by atoms with E-state index in [4.69, 9.17) is 9.05 Å². The molecule has 0 saturated carbocycles. The lowest BCUT2D eigenvalue weighted by molar-refractivity contribution is -0.870. The van der Waals surface area contributed by atoms with E-state index in [-0.39, 0.29) is 18.9 Å². The third-order valence-corrected chi connectivity index (χ3v) is 14.7. The number of nitrogens with one attached hydrogen (secondary N) is 1. The monoisotopic (exact) mass is 959 g/mol. The van der Waals surface area contributed by atoms with Gasteiger partial charge in [-0.25, -0.2) is 0 Å². The number of phosphoric acid groups is 1. The topological polar surface area (TPSA) is 128 Å². The van der Waals surface area contributed by atoms with Gasteiger partial charge in [-0.2, -0.15) is 0 Å². The highest BCUT2D eigenvalue weighted by Crippen LogP contribution is 2.38. The smallest absolute Gasteiger partial charge is 0.268 e. The molecule has 10 heteroatoms. The average Bonchev–Trinajstić information content (AvgIpc) is 3.28. The van der Waals surface area contributed by atoms with E-state index in [1.165, 1.54) is 231 Å². The Balaban J connectivity index is 4.06. The normalized spacial score (nSPS) is 14.4. The number of aliphatic hydroxyl groups is 2. The Morgan fingerprint density at radius 3 is 1.08 bits per heavy atom. The number of rotatable bonds is 54. The first kappa shape index (κ1) is 65.5. The molecule has 66 heavy (non-hydrogen) atoms. The quantitative estimate of drug-likeness (QED) is 0.0315. The summed E-state index contributed by atoms with van der Waals surface area (Å²) in [5.74, 6) is -0.271. The average molecular weight is 960 g/mol. The molecule has 0 bridgehead atoms. The molecule has 0 radical (unpaired) electrons. The molecule has 0 aliphatic rings. The lowest BCUT2D eigenvalue weighted by Gasteiger charge is -2.31. The van der Waals surface area contributed by atoms with Crippen LogP contribution in [0.3, 0.4) is 0 Å². The summed E-state index contributed by atoms with van der Waals surface area (Å²) >= 11 is 0. The Morgan fingerprint density at radius 1 is 0.485 bits per heavy atom. The zero-order valence-electron chi connectivity index (χ0n) is 44.8. The molecule has 0 saturated heterocycles. The molecule has 0 heterocycles. The van der Waals surface area contributed by atoms with Gasteiger partial charge < -0.3 is 34.0 Å². The highest BCUT2D eigenvalue weighted by Gasteiger charge is 2.29. The number of hydrogen-bond donors (Lipinski definition) is 3. The minimum Gasteiger partial charge on any atom is -0.756 e. The molecule has 0 aromatic carbocycles. The van der Waals surface area contributed by atoms with E-state index in [9.17, 15) is 24.5 Å². The highest BCUT2D eigenvalue weighted by atomic mass is 31.2. The number of likely N-dealkylation sites (N-methyl/N-ethyl adjacent to an activating group) is 1. The van der Waals surface area contributed by atoms with Gasteiger partial charge in [0.2, 0.25) is 5.91 Å². The van der Waals surface area contributed by atoms with Crippen molar-refractivity contribution in [3.8, 4) is 0 Å². The van der Waals surface area contributed by atoms with Crippen molar-refractivity contribution in [1.29, 1.82) is 0 Å². The predicted molar refractivity (Wildman–Crippen MR) is 281 cm³/mol. The Bertz CT molecular complexity index is 1060. The van der Waals surface area contributed by atoms with Crippen LogP contribution in [-0.4, -0.2) is 79.8 Å². The van der Waals surface area contributed by atoms with E-state index in [1.807, 2.05) is 21.1 Å². The van der Waals surface area contributed by atoms with Crippen LogP contribution >= 0.6 is 7.82 Å². The minimum atomic E-state index is -4.66. The van der Waals surface area contributed by atoms with Crippen LogP contribution in [0.25, 0.3) is 0 Å². The van der Waals surface area contributed by atoms with Gasteiger partial charge in [-0.3, -0.25) is 9.36 Å². The maximum absolute atomic E-state index is 13.0. The third-order valence-electron chi connectivity index (χ3n) is 13.7. The van der Waals surface area contributed by atoms with E-state index in [0.29, 0.717) is 17.4 Å². The van der Waals surface area contributed by atoms with Crippen molar-refractivity contribution in [2.75, 3.05) is 40.9 Å². The first-order valence-electron chi connectivity index (χ1n) is 29.0. The van der Waals surface area contributed by atoms with Crippen molar-refractivity contribution >= 4 is 13.7 Å². The fourth-order valence-corrected chi connectivity index (χ4v) is 9.80. The lowest BCUT2D eigenvalue weighted by Crippen LogP contribution is -2.51. The van der Waals surface area contributed by atoms with Crippen LogP contribution in [0, 0.1) is 0 Å². The molecule has 0 spiro atoms. The fourth-order valence-electron chi connectivity index (χ4n) is 9.08. The van der Waals surface area contributed by atoms with Gasteiger partial charge in [0.1, 0.15) is 19.3 Å². The van der Waals surface area contributed by atoms with Crippen molar-refractivity contribution in [2.24, 2.45) is 0 Å². The number of carbonyl (C=O) groups excluding carboxylic acids is 1. The summed E-state index contributed by atoms with van der Waals surface area (Å²) in [6.45, 7) is 4.48. The molecule has 0 fully saturated rings. The Kier molecular flexibility index (Phi) is 47.7. The second-order valence-corrected chi connectivity index (χ2v) is 22.9. The van der Waals surface area contributed by atoms with E-state index in [1.54, 1.807) is 0 Å². The van der Waals surface area contributed by atoms with E-state index in [2.05, 4.69) is 19.2 Å². The molecule has 0 rings (SSSR count). The minimum absolute atomic E-state index is 0.0366. The van der Waals surface area contributed by atoms with Gasteiger partial charge in [0.15, 0.2) is 0 Å². The Hall–Kier alpha value is -0.540. The number of unbranched alkanes of at least 4 members (excludes halogenated alkanes) is 40. The van der Waals surface area contributed by atoms with Crippen LogP contribution in [0.4, 0.5) is 0 Å². The molecule has 3 N–H and O–H groups in total.